The summed E-state index contributed by atoms with van der Waals surface area (Å²) in [6, 6.07) is 8.83. The third-order valence-electron chi connectivity index (χ3n) is 5.27. The zero-order valence-corrected chi connectivity index (χ0v) is 18.3. The summed E-state index contributed by atoms with van der Waals surface area (Å²) in [5.41, 5.74) is 3.05. The van der Waals surface area contributed by atoms with Gasteiger partial charge in [-0.25, -0.2) is 17.8 Å². The van der Waals surface area contributed by atoms with E-state index in [9.17, 15) is 17.6 Å². The molecular weight excluding hydrogens is 425 g/mol. The molecule has 1 aromatic heterocycles. The summed E-state index contributed by atoms with van der Waals surface area (Å²) >= 11 is 1.41. The highest BCUT2D eigenvalue weighted by Crippen LogP contribution is 2.30. The van der Waals surface area contributed by atoms with Gasteiger partial charge in [-0.05, 0) is 68.1 Å². The van der Waals surface area contributed by atoms with Gasteiger partial charge in [-0.15, -0.1) is 0 Å². The summed E-state index contributed by atoms with van der Waals surface area (Å²) in [6.45, 7) is 4.43. The van der Waals surface area contributed by atoms with Gasteiger partial charge < -0.3 is 5.32 Å². The van der Waals surface area contributed by atoms with Crippen molar-refractivity contribution in [2.45, 2.75) is 31.6 Å². The molecule has 4 rings (SSSR count). The number of halogens is 1. The van der Waals surface area contributed by atoms with Crippen LogP contribution < -0.4 is 5.32 Å². The van der Waals surface area contributed by atoms with E-state index in [4.69, 9.17) is 0 Å². The van der Waals surface area contributed by atoms with Crippen LogP contribution in [0.2, 0.25) is 0 Å². The lowest BCUT2D eigenvalue weighted by Gasteiger charge is -2.31. The van der Waals surface area contributed by atoms with Gasteiger partial charge in [0, 0.05) is 13.1 Å². The average Bonchev–Trinajstić information content (AvgIpc) is 3.11. The maximum absolute atomic E-state index is 13.1. The Labute approximate surface area is 178 Å². The Bertz CT molecular complexity index is 1210. The molecule has 1 saturated heterocycles. The first-order chi connectivity index (χ1) is 14.2. The van der Waals surface area contributed by atoms with E-state index in [0.29, 0.717) is 24.5 Å². The number of benzene rings is 2. The molecule has 0 aliphatic carbocycles. The Morgan fingerprint density at radius 2 is 1.97 bits per heavy atom. The van der Waals surface area contributed by atoms with E-state index < -0.39 is 21.8 Å². The number of nitrogens with one attached hydrogen (secondary N) is 1. The number of amides is 1. The molecule has 0 radical (unpaired) electrons. The molecule has 0 spiro atoms. The van der Waals surface area contributed by atoms with Crippen LogP contribution >= 0.6 is 11.3 Å². The Balaban J connectivity index is 1.50. The van der Waals surface area contributed by atoms with Gasteiger partial charge in [0.15, 0.2) is 5.13 Å². The molecule has 0 bridgehead atoms. The van der Waals surface area contributed by atoms with Gasteiger partial charge in [0.25, 0.3) is 0 Å². The van der Waals surface area contributed by atoms with E-state index in [2.05, 4.69) is 10.3 Å². The molecule has 1 unspecified atom stereocenters. The monoisotopic (exact) mass is 447 g/mol. The number of rotatable bonds is 4. The molecule has 1 N–H and O–H groups in total. The fourth-order valence-electron chi connectivity index (χ4n) is 3.76. The van der Waals surface area contributed by atoms with Gasteiger partial charge >= 0.3 is 0 Å². The third-order valence-corrected chi connectivity index (χ3v) is 8.06. The number of carbonyl (C=O) groups excluding carboxylic acids is 1. The van der Waals surface area contributed by atoms with Crippen molar-refractivity contribution in [3.8, 4) is 0 Å². The van der Waals surface area contributed by atoms with E-state index in [0.717, 1.165) is 33.5 Å². The van der Waals surface area contributed by atoms with Crippen LogP contribution in [0.5, 0.6) is 0 Å². The average molecular weight is 448 g/mol. The largest absolute Gasteiger partial charge is 0.302 e. The number of carbonyl (C=O) groups is 1. The fourth-order valence-corrected chi connectivity index (χ4v) is 6.33. The van der Waals surface area contributed by atoms with Gasteiger partial charge in [0.05, 0.1) is 21.0 Å². The number of aromatic nitrogens is 1. The van der Waals surface area contributed by atoms with E-state index in [1.165, 1.54) is 27.8 Å². The number of hydrogen-bond donors (Lipinski definition) is 1. The summed E-state index contributed by atoms with van der Waals surface area (Å²) in [5, 5.41) is 3.38. The number of anilines is 1. The quantitative estimate of drug-likeness (QED) is 0.653. The van der Waals surface area contributed by atoms with E-state index in [1.807, 2.05) is 26.0 Å². The minimum absolute atomic E-state index is 0.0296. The molecule has 158 valence electrons. The van der Waals surface area contributed by atoms with Crippen molar-refractivity contribution in [3.63, 3.8) is 0 Å². The molecule has 9 heteroatoms. The number of sulfonamides is 1. The molecule has 2 aromatic carbocycles. The molecule has 2 heterocycles. The number of piperidine rings is 1. The standard InChI is InChI=1S/C21H22FN3O3S2/c1-13-10-14(2)19-18(11-13)29-21(23-19)24-20(26)15-4-3-9-25(12-15)30(27,28)17-7-5-16(22)6-8-17/h5-8,10-11,15H,3-4,9,12H2,1-2H3,(H,23,24,26). The first-order valence-corrected chi connectivity index (χ1v) is 11.9. The lowest BCUT2D eigenvalue weighted by molar-refractivity contribution is -0.120. The molecule has 1 atom stereocenters. The van der Waals surface area contributed by atoms with Gasteiger partial charge in [-0.3, -0.25) is 4.79 Å². The van der Waals surface area contributed by atoms with Crippen molar-refractivity contribution in [2.24, 2.45) is 5.92 Å². The van der Waals surface area contributed by atoms with E-state index >= 15 is 0 Å². The highest BCUT2D eigenvalue weighted by molar-refractivity contribution is 7.89. The fraction of sp³-hybridized carbons (Fsp3) is 0.333. The molecule has 30 heavy (non-hydrogen) atoms. The van der Waals surface area contributed by atoms with Crippen LogP contribution in [-0.2, 0) is 14.8 Å². The Kier molecular flexibility index (Phi) is 5.61. The van der Waals surface area contributed by atoms with Crippen molar-refractivity contribution in [1.82, 2.24) is 9.29 Å². The van der Waals surface area contributed by atoms with Gasteiger partial charge in [0.1, 0.15) is 5.82 Å². The van der Waals surface area contributed by atoms with Crippen LogP contribution in [-0.4, -0.2) is 36.7 Å². The number of hydrogen-bond acceptors (Lipinski definition) is 5. The molecule has 6 nitrogen and oxygen atoms in total. The van der Waals surface area contributed by atoms with Crippen molar-refractivity contribution < 1.29 is 17.6 Å². The lowest BCUT2D eigenvalue weighted by Crippen LogP contribution is -2.43. The topological polar surface area (TPSA) is 79.4 Å². The number of thiazole rings is 1. The maximum atomic E-state index is 13.1. The second-order valence-electron chi connectivity index (χ2n) is 7.59. The first-order valence-electron chi connectivity index (χ1n) is 9.68. The van der Waals surface area contributed by atoms with E-state index in [1.54, 1.807) is 0 Å². The molecule has 3 aromatic rings. The number of nitrogens with zero attached hydrogens (tertiary/aromatic N) is 2. The molecule has 0 saturated carbocycles. The maximum Gasteiger partial charge on any atom is 0.243 e. The predicted molar refractivity (Wildman–Crippen MR) is 116 cm³/mol. The molecule has 1 amide bonds. The Morgan fingerprint density at radius 3 is 2.70 bits per heavy atom. The Hall–Kier alpha value is -2.36. The zero-order valence-electron chi connectivity index (χ0n) is 16.7. The molecular formula is C21H22FN3O3S2. The predicted octanol–water partition coefficient (Wildman–Crippen LogP) is 4.09. The number of aryl methyl sites for hydroxylation is 2. The second-order valence-corrected chi connectivity index (χ2v) is 10.6. The number of fused-ring (bicyclic) bond motifs is 1. The third kappa shape index (κ3) is 4.10. The van der Waals surface area contributed by atoms with Gasteiger partial charge in [-0.2, -0.15) is 4.31 Å². The first kappa shape index (κ1) is 20.9. The summed E-state index contributed by atoms with van der Waals surface area (Å²) in [4.78, 5) is 17.4. The summed E-state index contributed by atoms with van der Waals surface area (Å²) in [6.07, 6.45) is 1.18. The minimum Gasteiger partial charge on any atom is -0.302 e. The highest BCUT2D eigenvalue weighted by Gasteiger charge is 2.33. The van der Waals surface area contributed by atoms with Crippen molar-refractivity contribution in [3.05, 3.63) is 53.3 Å². The van der Waals surface area contributed by atoms with Crippen LogP contribution in [0, 0.1) is 25.6 Å². The van der Waals surface area contributed by atoms with E-state index in [-0.39, 0.29) is 17.3 Å². The summed E-state index contributed by atoms with van der Waals surface area (Å²) < 4.78 is 41.2. The van der Waals surface area contributed by atoms with Crippen LogP contribution in [0.3, 0.4) is 0 Å². The van der Waals surface area contributed by atoms with Crippen molar-refractivity contribution in [2.75, 3.05) is 18.4 Å². The lowest BCUT2D eigenvalue weighted by atomic mass is 9.99. The molecule has 1 fully saturated rings. The normalized spacial score (nSPS) is 17.9. The molecule has 1 aliphatic rings. The smallest absolute Gasteiger partial charge is 0.243 e. The van der Waals surface area contributed by atoms with Gasteiger partial charge in [0.2, 0.25) is 15.9 Å². The van der Waals surface area contributed by atoms with Crippen LogP contribution in [0.1, 0.15) is 24.0 Å². The minimum atomic E-state index is -3.78. The zero-order chi connectivity index (χ0) is 21.5. The van der Waals surface area contributed by atoms with Crippen LogP contribution in [0.15, 0.2) is 41.3 Å². The van der Waals surface area contributed by atoms with Crippen LogP contribution in [0.25, 0.3) is 10.2 Å². The Morgan fingerprint density at radius 1 is 1.23 bits per heavy atom. The SMILES string of the molecule is Cc1cc(C)c2nc(NC(=O)C3CCCN(S(=O)(=O)c4ccc(F)cc4)C3)sc2c1. The second kappa shape index (κ2) is 8.05. The summed E-state index contributed by atoms with van der Waals surface area (Å²) in [7, 11) is -3.78. The van der Waals surface area contributed by atoms with Crippen molar-refractivity contribution >= 4 is 42.6 Å². The van der Waals surface area contributed by atoms with Crippen molar-refractivity contribution in [1.29, 1.82) is 0 Å². The highest BCUT2D eigenvalue weighted by atomic mass is 32.2. The van der Waals surface area contributed by atoms with Gasteiger partial charge in [-0.1, -0.05) is 17.4 Å². The molecule has 1 aliphatic heterocycles. The summed E-state index contributed by atoms with van der Waals surface area (Å²) in [5.74, 6) is -1.20. The van der Waals surface area contributed by atoms with Crippen LogP contribution in [0.4, 0.5) is 9.52 Å².